The lowest BCUT2D eigenvalue weighted by Gasteiger charge is -2.18. The van der Waals surface area contributed by atoms with Crippen LogP contribution in [0.1, 0.15) is 39.1 Å². The van der Waals surface area contributed by atoms with Gasteiger partial charge in [-0.25, -0.2) is 26.8 Å². The Balaban J connectivity index is 1.36. The molecule has 52 heavy (non-hydrogen) atoms. The molecule has 0 amide bonds. The molecule has 0 fully saturated rings. The van der Waals surface area contributed by atoms with Gasteiger partial charge in [-0.2, -0.15) is 38.4 Å². The fourth-order valence-electron chi connectivity index (χ4n) is 5.25. The molecule has 18 nitrogen and oxygen atoms in total. The monoisotopic (exact) mass is 748 g/mol. The molecule has 0 aliphatic heterocycles. The summed E-state index contributed by atoms with van der Waals surface area (Å²) < 4.78 is 56.7. The zero-order valence-electron chi connectivity index (χ0n) is 29.6. The number of nitrogens with two attached hydrogens (primary N) is 2. The van der Waals surface area contributed by atoms with E-state index in [-0.39, 0.29) is 21.4 Å². The smallest absolute Gasteiger partial charge is 0.243 e. The van der Waals surface area contributed by atoms with E-state index in [0.29, 0.717) is 72.0 Å². The van der Waals surface area contributed by atoms with Gasteiger partial charge in [-0.1, -0.05) is 27.7 Å². The zero-order chi connectivity index (χ0) is 37.8. The van der Waals surface area contributed by atoms with Gasteiger partial charge in [0.05, 0.1) is 32.6 Å². The lowest BCUT2D eigenvalue weighted by molar-refractivity contribution is 0.444. The van der Waals surface area contributed by atoms with Crippen LogP contribution < -0.4 is 11.5 Å². The molecule has 2 aromatic carbocycles. The Morgan fingerprint density at radius 1 is 0.596 bits per heavy atom. The quantitative estimate of drug-likeness (QED) is 0.135. The van der Waals surface area contributed by atoms with Crippen molar-refractivity contribution in [2.24, 2.45) is 20.5 Å². The van der Waals surface area contributed by atoms with Crippen molar-refractivity contribution < 1.29 is 16.8 Å². The highest BCUT2D eigenvalue weighted by Gasteiger charge is 2.23. The number of azo groups is 2. The molecule has 3 heterocycles. The molecule has 0 aliphatic carbocycles. The Morgan fingerprint density at radius 2 is 0.942 bits per heavy atom. The predicted molar refractivity (Wildman–Crippen MR) is 196 cm³/mol. The summed E-state index contributed by atoms with van der Waals surface area (Å²) in [6.45, 7) is 12.0. The van der Waals surface area contributed by atoms with Crippen molar-refractivity contribution >= 4 is 54.4 Å². The van der Waals surface area contributed by atoms with Crippen molar-refractivity contribution in [1.82, 2.24) is 38.1 Å². The van der Waals surface area contributed by atoms with Crippen LogP contribution in [-0.4, -0.2) is 81.2 Å². The zero-order valence-corrected chi connectivity index (χ0v) is 31.2. The largest absolute Gasteiger partial charge is 0.382 e. The molecule has 0 saturated heterocycles. The highest BCUT2D eigenvalue weighted by atomic mass is 32.2. The van der Waals surface area contributed by atoms with E-state index in [4.69, 9.17) is 11.5 Å². The standard InChI is InChI=1S/C32H40N14O4S2/c1-7-43(8-2)51(47,48)25-15-11-23(12-16-25)37-39-29-21(5)41-45(31(29)33)27-19-28(36-20-35-27)46-32(34)30(22(6)42-46)40-38-24-13-17-26(18-14-24)52(49,50)44(9-3)10-4/h11-20H,7-10,33-34H2,1-6H3. The summed E-state index contributed by atoms with van der Waals surface area (Å²) in [5.74, 6) is 0.908. The molecule has 3 aromatic heterocycles. The molecule has 20 heteroatoms. The van der Waals surface area contributed by atoms with Gasteiger partial charge in [-0.15, -0.1) is 10.2 Å². The number of hydrogen-bond donors (Lipinski definition) is 2. The van der Waals surface area contributed by atoms with Crippen LogP contribution in [0.2, 0.25) is 0 Å². The summed E-state index contributed by atoms with van der Waals surface area (Å²) in [6, 6.07) is 13.8. The summed E-state index contributed by atoms with van der Waals surface area (Å²) in [4.78, 5) is 8.96. The maximum atomic E-state index is 12.8. The molecular formula is C32H40N14O4S2. The fourth-order valence-corrected chi connectivity index (χ4v) is 8.17. The van der Waals surface area contributed by atoms with E-state index in [1.54, 1.807) is 71.9 Å². The summed E-state index contributed by atoms with van der Waals surface area (Å²) >= 11 is 0. The summed E-state index contributed by atoms with van der Waals surface area (Å²) in [6.07, 6.45) is 1.31. The van der Waals surface area contributed by atoms with Gasteiger partial charge in [0.15, 0.2) is 34.6 Å². The second-order valence-corrected chi connectivity index (χ2v) is 15.1. The van der Waals surface area contributed by atoms with Crippen molar-refractivity contribution in [1.29, 1.82) is 0 Å². The van der Waals surface area contributed by atoms with Gasteiger partial charge in [-0.05, 0) is 62.4 Å². The number of rotatable bonds is 14. The number of nitrogens with zero attached hydrogens (tertiary/aromatic N) is 12. The third-order valence-electron chi connectivity index (χ3n) is 8.09. The number of aryl methyl sites for hydroxylation is 2. The molecule has 0 atom stereocenters. The second-order valence-electron chi connectivity index (χ2n) is 11.3. The number of anilines is 2. The Bertz CT molecular complexity index is 2170. The van der Waals surface area contributed by atoms with E-state index in [9.17, 15) is 16.8 Å². The Kier molecular flexibility index (Phi) is 11.2. The lowest BCUT2D eigenvalue weighted by atomic mass is 10.3. The number of sulfonamides is 2. The van der Waals surface area contributed by atoms with E-state index >= 15 is 0 Å². The Labute approximate surface area is 302 Å². The van der Waals surface area contributed by atoms with E-state index in [0.717, 1.165) is 0 Å². The number of hydrogen-bond acceptors (Lipinski definition) is 14. The van der Waals surface area contributed by atoms with Gasteiger partial charge in [-0.3, -0.25) is 0 Å². The predicted octanol–water partition coefficient (Wildman–Crippen LogP) is 5.52. The second kappa shape index (κ2) is 15.4. The topological polar surface area (TPSA) is 238 Å². The summed E-state index contributed by atoms with van der Waals surface area (Å²) in [5.41, 5.74) is 15.3. The van der Waals surface area contributed by atoms with Crippen LogP contribution in [0.3, 0.4) is 0 Å². The summed E-state index contributed by atoms with van der Waals surface area (Å²) in [7, 11) is -7.21. The fraction of sp³-hybridized carbons (Fsp3) is 0.312. The van der Waals surface area contributed by atoms with Crippen molar-refractivity contribution in [2.45, 2.75) is 51.3 Å². The van der Waals surface area contributed by atoms with Crippen LogP contribution in [-0.2, 0) is 20.0 Å². The first-order valence-electron chi connectivity index (χ1n) is 16.3. The third-order valence-corrected chi connectivity index (χ3v) is 12.2. The highest BCUT2D eigenvalue weighted by Crippen LogP contribution is 2.33. The lowest BCUT2D eigenvalue weighted by Crippen LogP contribution is -2.30. The van der Waals surface area contributed by atoms with Gasteiger partial charge in [0.2, 0.25) is 20.0 Å². The minimum Gasteiger partial charge on any atom is -0.382 e. The third kappa shape index (κ3) is 7.45. The van der Waals surface area contributed by atoms with Crippen molar-refractivity contribution in [2.75, 3.05) is 37.6 Å². The number of nitrogen functional groups attached to an aromatic ring is 2. The van der Waals surface area contributed by atoms with Crippen LogP contribution in [0.5, 0.6) is 0 Å². The van der Waals surface area contributed by atoms with Crippen molar-refractivity contribution in [3.05, 3.63) is 72.3 Å². The van der Waals surface area contributed by atoms with Crippen LogP contribution in [0.25, 0.3) is 11.6 Å². The van der Waals surface area contributed by atoms with Crippen LogP contribution >= 0.6 is 0 Å². The van der Waals surface area contributed by atoms with E-state index in [1.165, 1.54) is 48.6 Å². The van der Waals surface area contributed by atoms with E-state index < -0.39 is 20.0 Å². The number of aromatic nitrogens is 6. The first-order chi connectivity index (χ1) is 24.8. The van der Waals surface area contributed by atoms with Crippen molar-refractivity contribution in [3.8, 4) is 11.6 Å². The molecule has 5 rings (SSSR count). The molecule has 0 radical (unpaired) electrons. The first kappa shape index (κ1) is 37.8. The minimum atomic E-state index is -3.60. The van der Waals surface area contributed by atoms with Crippen molar-refractivity contribution in [3.63, 3.8) is 0 Å². The van der Waals surface area contributed by atoms with Gasteiger partial charge in [0.1, 0.15) is 6.33 Å². The maximum Gasteiger partial charge on any atom is 0.243 e. The first-order valence-corrected chi connectivity index (χ1v) is 19.2. The minimum absolute atomic E-state index is 0.154. The molecule has 0 saturated carbocycles. The molecule has 5 aromatic rings. The molecule has 274 valence electrons. The van der Waals surface area contributed by atoms with Crippen LogP contribution in [0.15, 0.2) is 91.2 Å². The Hall–Kier alpha value is -5.44. The molecule has 0 bridgehead atoms. The molecule has 0 spiro atoms. The van der Waals surface area contributed by atoms with Gasteiger partial charge < -0.3 is 11.5 Å². The SMILES string of the molecule is CCN(CC)S(=O)(=O)c1ccc(N=Nc2c(C)nn(-c3cc(-n4nc(C)c(N=Nc5ccc(S(=O)(=O)N(CC)CC)cc5)c4N)ncn3)c2N)cc1. The van der Waals surface area contributed by atoms with E-state index in [1.807, 2.05) is 0 Å². The molecule has 0 aliphatic rings. The van der Waals surface area contributed by atoms with Gasteiger partial charge >= 0.3 is 0 Å². The summed E-state index contributed by atoms with van der Waals surface area (Å²) in [5, 5.41) is 26.0. The molecular weight excluding hydrogens is 709 g/mol. The number of benzene rings is 2. The average Bonchev–Trinajstić information content (AvgIpc) is 3.59. The average molecular weight is 749 g/mol. The highest BCUT2D eigenvalue weighted by molar-refractivity contribution is 7.89. The van der Waals surface area contributed by atoms with Gasteiger partial charge in [0, 0.05) is 32.2 Å². The molecule has 4 N–H and O–H groups in total. The van der Waals surface area contributed by atoms with Gasteiger partial charge in [0.25, 0.3) is 0 Å². The molecule has 0 unspecified atom stereocenters. The maximum absolute atomic E-state index is 12.8. The van der Waals surface area contributed by atoms with Crippen LogP contribution in [0.4, 0.5) is 34.4 Å². The van der Waals surface area contributed by atoms with E-state index in [2.05, 4.69) is 40.6 Å². The Morgan fingerprint density at radius 3 is 1.27 bits per heavy atom. The normalized spacial score (nSPS) is 12.6. The van der Waals surface area contributed by atoms with Crippen LogP contribution in [0, 0.1) is 13.8 Å².